The van der Waals surface area contributed by atoms with Crippen molar-refractivity contribution in [1.29, 1.82) is 0 Å². The average molecular weight is 477 g/mol. The van der Waals surface area contributed by atoms with Crippen molar-refractivity contribution < 1.29 is 13.9 Å². The minimum Gasteiger partial charge on any atom is -0.495 e. The minimum atomic E-state index is -0.268. The van der Waals surface area contributed by atoms with Crippen molar-refractivity contribution in [1.82, 2.24) is 4.90 Å². The molecule has 2 N–H and O–H groups in total. The van der Waals surface area contributed by atoms with E-state index in [1.54, 1.807) is 43.5 Å². The normalized spacial score (nSPS) is 19.0. The Balaban J connectivity index is 1.94. The number of benzene rings is 2. The van der Waals surface area contributed by atoms with E-state index >= 15 is 0 Å². The molecule has 6 nitrogen and oxygen atoms in total. The molecular formula is C28H33FN4O2. The van der Waals surface area contributed by atoms with Gasteiger partial charge in [0.15, 0.2) is 0 Å². The van der Waals surface area contributed by atoms with Crippen LogP contribution in [0.15, 0.2) is 78.2 Å². The first-order chi connectivity index (χ1) is 16.9. The molecule has 7 heteroatoms. The number of likely N-dealkylation sites (tertiary alicyclic amines) is 1. The van der Waals surface area contributed by atoms with Crippen LogP contribution in [0.3, 0.4) is 0 Å². The van der Waals surface area contributed by atoms with E-state index in [2.05, 4.69) is 23.4 Å². The molecule has 3 rings (SSSR count). The second kappa shape index (κ2) is 12.0. The molecule has 2 atom stereocenters. The molecule has 1 aliphatic rings. The number of nitrogens with zero attached hydrogens (tertiary/aromatic N) is 3. The fourth-order valence-corrected chi connectivity index (χ4v) is 4.46. The number of piperidine rings is 1. The average Bonchev–Trinajstić information content (AvgIpc) is 2.85. The molecule has 0 spiro atoms. The highest BCUT2D eigenvalue weighted by molar-refractivity contribution is 6.00. The lowest BCUT2D eigenvalue weighted by Gasteiger charge is -2.42. The maximum Gasteiger partial charge on any atom is 0.234 e. The molecule has 2 unspecified atom stereocenters. The van der Waals surface area contributed by atoms with E-state index in [1.807, 2.05) is 30.4 Å². The highest BCUT2D eigenvalue weighted by atomic mass is 19.1. The molecule has 0 bridgehead atoms. The number of hydrogen-bond donors (Lipinski definition) is 1. The Bertz CT molecular complexity index is 1120. The lowest BCUT2D eigenvalue weighted by atomic mass is 9.91. The van der Waals surface area contributed by atoms with Gasteiger partial charge in [-0.05, 0) is 74.6 Å². The van der Waals surface area contributed by atoms with Crippen LogP contribution in [-0.2, 0) is 4.79 Å². The van der Waals surface area contributed by atoms with Crippen molar-refractivity contribution in [3.05, 3.63) is 90.2 Å². The number of amides is 1. The maximum atomic E-state index is 13.5. The first-order valence-electron chi connectivity index (χ1n) is 11.6. The first-order valence-corrected chi connectivity index (χ1v) is 11.6. The zero-order chi connectivity index (χ0) is 25.4. The number of hydrogen-bond acceptors (Lipinski definition) is 4. The first kappa shape index (κ1) is 25.7. The second-order valence-corrected chi connectivity index (χ2v) is 8.57. The Morgan fingerprint density at radius 1 is 1.26 bits per heavy atom. The number of rotatable bonds is 8. The van der Waals surface area contributed by atoms with Crippen LogP contribution in [0.1, 0.15) is 50.3 Å². The Kier molecular flexibility index (Phi) is 8.84. The van der Waals surface area contributed by atoms with Crippen molar-refractivity contribution in [3.8, 4) is 5.75 Å². The molecule has 1 fully saturated rings. The third-order valence-corrected chi connectivity index (χ3v) is 6.06. The van der Waals surface area contributed by atoms with Crippen LogP contribution in [0.2, 0.25) is 0 Å². The van der Waals surface area contributed by atoms with Crippen molar-refractivity contribution in [2.45, 2.75) is 45.2 Å². The molecule has 0 aliphatic carbocycles. The smallest absolute Gasteiger partial charge is 0.234 e. The van der Waals surface area contributed by atoms with Gasteiger partial charge in [0.2, 0.25) is 6.41 Å². The molecule has 0 radical (unpaired) electrons. The molecule has 1 heterocycles. The number of methoxy groups -OCH3 is 1. The number of halogens is 1. The van der Waals surface area contributed by atoms with Gasteiger partial charge in [0.25, 0.3) is 0 Å². The van der Waals surface area contributed by atoms with Crippen LogP contribution in [0.25, 0.3) is 6.08 Å². The minimum absolute atomic E-state index is 0.00653. The SMILES string of the molecule is C=CN(/C=C(/C)N)c1ccc(/C=C/C(=N/C=O)N2C(C)CCCC2c2ccc(F)cc2)cc1OC. The number of carbonyl (C=O) groups is 1. The summed E-state index contributed by atoms with van der Waals surface area (Å²) in [7, 11) is 1.61. The number of aliphatic imine (C=N–C) groups is 1. The summed E-state index contributed by atoms with van der Waals surface area (Å²) in [6.07, 6.45) is 10.7. The van der Waals surface area contributed by atoms with Crippen LogP contribution in [0, 0.1) is 5.82 Å². The lowest BCUT2D eigenvalue weighted by molar-refractivity contribution is -0.106. The summed E-state index contributed by atoms with van der Waals surface area (Å²) in [5, 5.41) is 0. The lowest BCUT2D eigenvalue weighted by Crippen LogP contribution is -2.43. The summed E-state index contributed by atoms with van der Waals surface area (Å²) in [5.74, 6) is 0.947. The number of ether oxygens (including phenoxy) is 1. The predicted octanol–water partition coefficient (Wildman–Crippen LogP) is 5.79. The zero-order valence-corrected chi connectivity index (χ0v) is 20.5. The zero-order valence-electron chi connectivity index (χ0n) is 20.5. The molecule has 0 aromatic heterocycles. The van der Waals surface area contributed by atoms with E-state index in [9.17, 15) is 9.18 Å². The molecular weight excluding hydrogens is 443 g/mol. The molecule has 35 heavy (non-hydrogen) atoms. The number of anilines is 1. The standard InChI is InChI=1S/C28H33FN4O2/c1-5-32(18-20(2)30)26-15-9-22(17-27(26)35-4)10-16-28(31-19-34)33-21(3)7-6-8-25(33)23-11-13-24(29)14-12-23/h5,9-19,21,25H,1,6-8,30H2,2-4H3/b16-10+,20-18-,31-28-. The molecule has 1 amide bonds. The van der Waals surface area contributed by atoms with Crippen LogP contribution in [0.5, 0.6) is 5.75 Å². The van der Waals surface area contributed by atoms with Crippen molar-refractivity contribution in [2.75, 3.05) is 12.0 Å². The van der Waals surface area contributed by atoms with Gasteiger partial charge in [0.1, 0.15) is 17.4 Å². The van der Waals surface area contributed by atoms with Gasteiger partial charge in [-0.3, -0.25) is 4.79 Å². The Morgan fingerprint density at radius 3 is 2.63 bits per heavy atom. The van der Waals surface area contributed by atoms with Crippen LogP contribution < -0.4 is 15.4 Å². The summed E-state index contributed by atoms with van der Waals surface area (Å²) >= 11 is 0. The van der Waals surface area contributed by atoms with E-state index in [1.165, 1.54) is 12.1 Å². The van der Waals surface area contributed by atoms with E-state index in [4.69, 9.17) is 10.5 Å². The maximum absolute atomic E-state index is 13.5. The van der Waals surface area contributed by atoms with Gasteiger partial charge in [0, 0.05) is 24.1 Å². The Labute approximate surface area is 206 Å². The summed E-state index contributed by atoms with van der Waals surface area (Å²) < 4.78 is 19.1. The Hall–Kier alpha value is -3.87. The summed E-state index contributed by atoms with van der Waals surface area (Å²) in [4.78, 5) is 19.6. The number of allylic oxidation sites excluding steroid dienone is 1. The van der Waals surface area contributed by atoms with Gasteiger partial charge in [0.05, 0.1) is 18.8 Å². The molecule has 0 saturated carbocycles. The quantitative estimate of drug-likeness (QED) is 0.297. The largest absolute Gasteiger partial charge is 0.495 e. The van der Waals surface area contributed by atoms with Crippen molar-refractivity contribution in [3.63, 3.8) is 0 Å². The highest BCUT2D eigenvalue weighted by Gasteiger charge is 2.30. The molecule has 1 aliphatic heterocycles. The van der Waals surface area contributed by atoms with E-state index in [0.29, 0.717) is 23.7 Å². The van der Waals surface area contributed by atoms with Gasteiger partial charge in [-0.15, -0.1) is 0 Å². The molecule has 2 aromatic rings. The highest BCUT2D eigenvalue weighted by Crippen LogP contribution is 2.35. The number of amidine groups is 1. The van der Waals surface area contributed by atoms with Gasteiger partial charge >= 0.3 is 0 Å². The van der Waals surface area contributed by atoms with E-state index in [0.717, 1.165) is 36.1 Å². The summed E-state index contributed by atoms with van der Waals surface area (Å²) in [6.45, 7) is 7.77. The van der Waals surface area contributed by atoms with Gasteiger partial charge in [-0.25, -0.2) is 4.39 Å². The number of nitrogens with two attached hydrogens (primary N) is 1. The van der Waals surface area contributed by atoms with E-state index < -0.39 is 0 Å². The monoisotopic (exact) mass is 476 g/mol. The summed E-state index contributed by atoms with van der Waals surface area (Å²) in [6, 6.07) is 12.5. The van der Waals surface area contributed by atoms with Gasteiger partial charge < -0.3 is 20.3 Å². The number of carbonyl (C=O) groups excluding carboxylic acids is 1. The van der Waals surface area contributed by atoms with Crippen LogP contribution >= 0.6 is 0 Å². The molecule has 1 saturated heterocycles. The van der Waals surface area contributed by atoms with Crippen LogP contribution in [0.4, 0.5) is 10.1 Å². The third-order valence-electron chi connectivity index (χ3n) is 6.06. The van der Waals surface area contributed by atoms with Gasteiger partial charge in [-0.2, -0.15) is 4.99 Å². The summed E-state index contributed by atoms with van der Waals surface area (Å²) in [5.41, 5.74) is 9.15. The third kappa shape index (κ3) is 6.38. The fourth-order valence-electron chi connectivity index (χ4n) is 4.46. The van der Waals surface area contributed by atoms with Crippen molar-refractivity contribution >= 4 is 24.0 Å². The topological polar surface area (TPSA) is 71.2 Å². The van der Waals surface area contributed by atoms with Crippen molar-refractivity contribution in [2.24, 2.45) is 10.7 Å². The van der Waals surface area contributed by atoms with E-state index in [-0.39, 0.29) is 17.9 Å². The predicted molar refractivity (Wildman–Crippen MR) is 140 cm³/mol. The Morgan fingerprint density at radius 2 is 2.00 bits per heavy atom. The second-order valence-electron chi connectivity index (χ2n) is 8.57. The fraction of sp³-hybridized carbons (Fsp3) is 0.286. The molecule has 2 aromatic carbocycles. The van der Waals surface area contributed by atoms with Gasteiger partial charge in [-0.1, -0.05) is 30.9 Å². The van der Waals surface area contributed by atoms with Crippen LogP contribution in [-0.4, -0.2) is 30.3 Å². The molecule has 184 valence electrons.